The first kappa shape index (κ1) is 6.85. The standard InChI is InChI=1S/C8H13N3/c1-8(4-2-5-9-8)7-3-6-10-11-7/h3,6,9H,2,4-5H2,1H3,(H,10,11). The van der Waals surface area contributed by atoms with Gasteiger partial charge in [-0.3, -0.25) is 5.10 Å². The first-order valence-corrected chi connectivity index (χ1v) is 4.06. The Balaban J connectivity index is 2.27. The van der Waals surface area contributed by atoms with Crippen molar-refractivity contribution >= 4 is 0 Å². The number of aromatic amines is 1. The van der Waals surface area contributed by atoms with Crippen molar-refractivity contribution in [1.82, 2.24) is 15.5 Å². The normalized spacial score (nSPS) is 31.0. The molecule has 0 spiro atoms. The Bertz CT molecular complexity index is 221. The molecule has 1 aliphatic heterocycles. The summed E-state index contributed by atoms with van der Waals surface area (Å²) in [7, 11) is 0. The quantitative estimate of drug-likeness (QED) is 0.629. The fourth-order valence-corrected chi connectivity index (χ4v) is 1.69. The highest BCUT2D eigenvalue weighted by Crippen LogP contribution is 2.27. The van der Waals surface area contributed by atoms with Crippen molar-refractivity contribution in [1.29, 1.82) is 0 Å². The molecule has 2 heterocycles. The van der Waals surface area contributed by atoms with Crippen molar-refractivity contribution in [2.45, 2.75) is 25.3 Å². The Labute approximate surface area is 66.2 Å². The maximum atomic E-state index is 3.95. The maximum Gasteiger partial charge on any atom is 0.0574 e. The van der Waals surface area contributed by atoms with E-state index in [0.29, 0.717) is 0 Å². The van der Waals surface area contributed by atoms with Crippen LogP contribution >= 0.6 is 0 Å². The second-order valence-corrected chi connectivity index (χ2v) is 3.33. The molecule has 60 valence electrons. The van der Waals surface area contributed by atoms with Crippen molar-refractivity contribution in [3.8, 4) is 0 Å². The summed E-state index contributed by atoms with van der Waals surface area (Å²) < 4.78 is 0. The van der Waals surface area contributed by atoms with Gasteiger partial charge in [-0.2, -0.15) is 5.10 Å². The Morgan fingerprint density at radius 3 is 3.09 bits per heavy atom. The summed E-state index contributed by atoms with van der Waals surface area (Å²) in [5.41, 5.74) is 1.35. The van der Waals surface area contributed by atoms with Gasteiger partial charge in [0.1, 0.15) is 0 Å². The fourth-order valence-electron chi connectivity index (χ4n) is 1.69. The third-order valence-corrected chi connectivity index (χ3v) is 2.46. The Morgan fingerprint density at radius 1 is 1.64 bits per heavy atom. The third-order valence-electron chi connectivity index (χ3n) is 2.46. The number of aromatic nitrogens is 2. The molecular formula is C8H13N3. The summed E-state index contributed by atoms with van der Waals surface area (Å²) >= 11 is 0. The average Bonchev–Trinajstić information content (AvgIpc) is 2.55. The van der Waals surface area contributed by atoms with E-state index in [-0.39, 0.29) is 5.54 Å². The molecule has 2 N–H and O–H groups in total. The van der Waals surface area contributed by atoms with Crippen LogP contribution in [-0.2, 0) is 5.54 Å². The zero-order chi connectivity index (χ0) is 7.73. The smallest absolute Gasteiger partial charge is 0.0574 e. The molecular weight excluding hydrogens is 138 g/mol. The largest absolute Gasteiger partial charge is 0.306 e. The number of hydrogen-bond donors (Lipinski definition) is 2. The van der Waals surface area contributed by atoms with Gasteiger partial charge in [0.25, 0.3) is 0 Å². The minimum Gasteiger partial charge on any atom is -0.306 e. The van der Waals surface area contributed by atoms with Crippen LogP contribution in [0.15, 0.2) is 12.3 Å². The summed E-state index contributed by atoms with van der Waals surface area (Å²) in [6.07, 6.45) is 4.27. The first-order chi connectivity index (χ1) is 5.31. The zero-order valence-corrected chi connectivity index (χ0v) is 6.72. The number of rotatable bonds is 1. The summed E-state index contributed by atoms with van der Waals surface area (Å²) in [5.74, 6) is 0. The maximum absolute atomic E-state index is 3.95. The van der Waals surface area contributed by atoms with Gasteiger partial charge in [0.2, 0.25) is 0 Å². The van der Waals surface area contributed by atoms with Crippen molar-refractivity contribution in [3.63, 3.8) is 0 Å². The van der Waals surface area contributed by atoms with Crippen LogP contribution in [0.25, 0.3) is 0 Å². The van der Waals surface area contributed by atoms with E-state index in [1.54, 1.807) is 6.20 Å². The second kappa shape index (κ2) is 2.34. The molecule has 2 rings (SSSR count). The number of hydrogen-bond acceptors (Lipinski definition) is 2. The Morgan fingerprint density at radius 2 is 2.55 bits per heavy atom. The zero-order valence-electron chi connectivity index (χ0n) is 6.72. The van der Waals surface area contributed by atoms with Gasteiger partial charge >= 0.3 is 0 Å². The number of nitrogens with zero attached hydrogens (tertiary/aromatic N) is 1. The number of H-pyrrole nitrogens is 1. The molecule has 1 unspecified atom stereocenters. The van der Waals surface area contributed by atoms with Crippen LogP contribution in [0.5, 0.6) is 0 Å². The van der Waals surface area contributed by atoms with Crippen LogP contribution in [0.3, 0.4) is 0 Å². The predicted octanol–water partition coefficient (Wildman–Crippen LogP) is 1.01. The Kier molecular flexibility index (Phi) is 1.46. The van der Waals surface area contributed by atoms with Crippen LogP contribution in [-0.4, -0.2) is 16.7 Å². The van der Waals surface area contributed by atoms with Gasteiger partial charge in [-0.15, -0.1) is 0 Å². The molecule has 0 aromatic carbocycles. The van der Waals surface area contributed by atoms with E-state index in [4.69, 9.17) is 0 Å². The molecule has 0 saturated carbocycles. The lowest BCUT2D eigenvalue weighted by Crippen LogP contribution is -2.33. The van der Waals surface area contributed by atoms with E-state index in [1.165, 1.54) is 18.5 Å². The Hall–Kier alpha value is -0.830. The third kappa shape index (κ3) is 1.05. The van der Waals surface area contributed by atoms with E-state index < -0.39 is 0 Å². The SMILES string of the molecule is CC1(c2ccn[nH]2)CCCN1. The molecule has 1 aliphatic rings. The van der Waals surface area contributed by atoms with Crippen LogP contribution < -0.4 is 5.32 Å². The molecule has 1 atom stereocenters. The topological polar surface area (TPSA) is 40.7 Å². The molecule has 11 heavy (non-hydrogen) atoms. The molecule has 0 aliphatic carbocycles. The van der Waals surface area contributed by atoms with E-state index in [9.17, 15) is 0 Å². The van der Waals surface area contributed by atoms with Crippen LogP contribution in [0.4, 0.5) is 0 Å². The van der Waals surface area contributed by atoms with Crippen molar-refractivity contribution in [2.75, 3.05) is 6.54 Å². The highest BCUT2D eigenvalue weighted by atomic mass is 15.1. The summed E-state index contributed by atoms with van der Waals surface area (Å²) in [5, 5.41) is 10.4. The first-order valence-electron chi connectivity index (χ1n) is 4.06. The summed E-state index contributed by atoms with van der Waals surface area (Å²) in [6.45, 7) is 3.34. The average molecular weight is 151 g/mol. The fraction of sp³-hybridized carbons (Fsp3) is 0.625. The van der Waals surface area contributed by atoms with Crippen LogP contribution in [0, 0.1) is 0 Å². The van der Waals surface area contributed by atoms with Gasteiger partial charge in [0.05, 0.1) is 11.2 Å². The molecule has 0 radical (unpaired) electrons. The molecule has 1 fully saturated rings. The van der Waals surface area contributed by atoms with Gasteiger partial charge < -0.3 is 5.32 Å². The lowest BCUT2D eigenvalue weighted by Gasteiger charge is -2.21. The van der Waals surface area contributed by atoms with Crippen molar-refractivity contribution in [2.24, 2.45) is 0 Å². The summed E-state index contributed by atoms with van der Waals surface area (Å²) in [4.78, 5) is 0. The molecule has 1 aromatic rings. The van der Waals surface area contributed by atoms with Crippen molar-refractivity contribution < 1.29 is 0 Å². The molecule has 0 bridgehead atoms. The van der Waals surface area contributed by atoms with Gasteiger partial charge in [-0.05, 0) is 32.4 Å². The van der Waals surface area contributed by atoms with Gasteiger partial charge in [0.15, 0.2) is 0 Å². The monoisotopic (exact) mass is 151 g/mol. The second-order valence-electron chi connectivity index (χ2n) is 3.33. The number of nitrogens with one attached hydrogen (secondary N) is 2. The van der Waals surface area contributed by atoms with Crippen molar-refractivity contribution in [3.05, 3.63) is 18.0 Å². The molecule has 1 saturated heterocycles. The highest BCUT2D eigenvalue weighted by Gasteiger charge is 2.30. The van der Waals surface area contributed by atoms with Gasteiger partial charge in [-0.1, -0.05) is 0 Å². The summed E-state index contributed by atoms with van der Waals surface area (Å²) in [6, 6.07) is 2.04. The minimum atomic E-state index is 0.149. The van der Waals surface area contributed by atoms with E-state index >= 15 is 0 Å². The van der Waals surface area contributed by atoms with Gasteiger partial charge in [0, 0.05) is 6.20 Å². The molecule has 1 aromatic heterocycles. The molecule has 3 heteroatoms. The van der Waals surface area contributed by atoms with Crippen LogP contribution in [0.2, 0.25) is 0 Å². The highest BCUT2D eigenvalue weighted by molar-refractivity contribution is 5.13. The van der Waals surface area contributed by atoms with E-state index in [1.807, 2.05) is 6.07 Å². The van der Waals surface area contributed by atoms with E-state index in [0.717, 1.165) is 6.54 Å². The van der Waals surface area contributed by atoms with E-state index in [2.05, 4.69) is 22.4 Å². The minimum absolute atomic E-state index is 0.149. The predicted molar refractivity (Wildman–Crippen MR) is 43.2 cm³/mol. The van der Waals surface area contributed by atoms with Crippen LogP contribution in [0.1, 0.15) is 25.5 Å². The molecule has 3 nitrogen and oxygen atoms in total. The molecule has 0 amide bonds. The van der Waals surface area contributed by atoms with Gasteiger partial charge in [-0.25, -0.2) is 0 Å². The lowest BCUT2D eigenvalue weighted by molar-refractivity contribution is 0.421. The lowest BCUT2D eigenvalue weighted by atomic mass is 9.96.